The van der Waals surface area contributed by atoms with Crippen LogP contribution in [0.15, 0.2) is 24.3 Å². The van der Waals surface area contributed by atoms with E-state index in [9.17, 15) is 4.79 Å². The summed E-state index contributed by atoms with van der Waals surface area (Å²) in [5.74, 6) is 0.825. The van der Waals surface area contributed by atoms with Crippen molar-refractivity contribution in [2.75, 3.05) is 11.9 Å². The maximum absolute atomic E-state index is 11.2. The Bertz CT molecular complexity index is 322. The Kier molecular flexibility index (Phi) is 2.17. The highest BCUT2D eigenvalue weighted by atomic mass is 16.5. The van der Waals surface area contributed by atoms with Gasteiger partial charge in [-0.15, -0.1) is 0 Å². The van der Waals surface area contributed by atoms with Crippen molar-refractivity contribution in [1.82, 2.24) is 0 Å². The van der Waals surface area contributed by atoms with E-state index >= 15 is 0 Å². The average Bonchev–Trinajstić information content (AvgIpc) is 2.11. The maximum Gasteiger partial charge on any atom is 0.224 e. The van der Waals surface area contributed by atoms with Gasteiger partial charge in [0.25, 0.3) is 0 Å². The number of ether oxygens (including phenoxy) is 1. The molecule has 1 aromatic rings. The molecule has 3 nitrogen and oxygen atoms in total. The van der Waals surface area contributed by atoms with Gasteiger partial charge in [-0.3, -0.25) is 4.79 Å². The summed E-state index contributed by atoms with van der Waals surface area (Å²) < 4.78 is 5.46. The summed E-state index contributed by atoms with van der Waals surface area (Å²) in [6, 6.07) is 7.48. The van der Waals surface area contributed by atoms with Crippen LogP contribution in [0.5, 0.6) is 5.75 Å². The quantitative estimate of drug-likeness (QED) is 0.656. The lowest BCUT2D eigenvalue weighted by molar-refractivity contribution is -0.116. The van der Waals surface area contributed by atoms with Crippen molar-refractivity contribution < 1.29 is 9.53 Å². The first kappa shape index (κ1) is 8.10. The van der Waals surface area contributed by atoms with Gasteiger partial charge in [-0.2, -0.15) is 0 Å². The summed E-state index contributed by atoms with van der Waals surface area (Å²) in [5.41, 5.74) is 0.771. The maximum atomic E-state index is 11.2. The summed E-state index contributed by atoms with van der Waals surface area (Å²) in [4.78, 5) is 11.2. The summed E-state index contributed by atoms with van der Waals surface area (Å²) in [7, 11) is 0. The van der Waals surface area contributed by atoms with Crippen LogP contribution in [0.3, 0.4) is 0 Å². The zero-order valence-electron chi connectivity index (χ0n) is 7.25. The van der Waals surface area contributed by atoms with Crippen LogP contribution in [0.4, 0.5) is 5.69 Å². The zero-order chi connectivity index (χ0) is 9.10. The van der Waals surface area contributed by atoms with E-state index in [4.69, 9.17) is 4.74 Å². The molecule has 0 atom stereocenters. The number of nitrogens with one attached hydrogen (secondary N) is 1. The predicted molar refractivity (Wildman–Crippen MR) is 49.8 cm³/mol. The first-order chi connectivity index (χ1) is 6.36. The van der Waals surface area contributed by atoms with Crippen LogP contribution in [0, 0.1) is 0 Å². The second-order valence-electron chi connectivity index (χ2n) is 3.00. The molecular weight excluding hydrogens is 166 g/mol. The molecule has 0 radical (unpaired) electrons. The van der Waals surface area contributed by atoms with Crippen molar-refractivity contribution in [3.8, 4) is 5.75 Å². The van der Waals surface area contributed by atoms with Crippen LogP contribution in [0.25, 0.3) is 0 Å². The molecule has 0 saturated carbocycles. The van der Waals surface area contributed by atoms with Crippen molar-refractivity contribution in [1.29, 1.82) is 0 Å². The monoisotopic (exact) mass is 177 g/mol. The van der Waals surface area contributed by atoms with Crippen LogP contribution in [-0.4, -0.2) is 12.5 Å². The third-order valence-electron chi connectivity index (χ3n) is 1.97. The van der Waals surface area contributed by atoms with Gasteiger partial charge < -0.3 is 10.1 Å². The van der Waals surface area contributed by atoms with Crippen LogP contribution in [-0.2, 0) is 4.79 Å². The van der Waals surface area contributed by atoms with Gasteiger partial charge in [-0.25, -0.2) is 0 Å². The summed E-state index contributed by atoms with van der Waals surface area (Å²) >= 11 is 0. The molecule has 0 bridgehead atoms. The van der Waals surface area contributed by atoms with E-state index in [-0.39, 0.29) is 5.91 Å². The van der Waals surface area contributed by atoms with Crippen LogP contribution >= 0.6 is 0 Å². The molecule has 1 N–H and O–H groups in total. The van der Waals surface area contributed by atoms with E-state index in [0.29, 0.717) is 13.0 Å². The Morgan fingerprint density at radius 3 is 3.08 bits per heavy atom. The number of anilines is 1. The number of benzene rings is 1. The summed E-state index contributed by atoms with van der Waals surface area (Å²) in [6.45, 7) is 0.616. The molecule has 0 aliphatic carbocycles. The zero-order valence-corrected chi connectivity index (χ0v) is 7.25. The molecule has 68 valence electrons. The Balaban J connectivity index is 2.30. The Morgan fingerprint density at radius 1 is 1.31 bits per heavy atom. The fourth-order valence-electron chi connectivity index (χ4n) is 1.32. The SMILES string of the molecule is O=C1CCCOc2ccccc2N1. The van der Waals surface area contributed by atoms with Gasteiger partial charge in [0, 0.05) is 6.42 Å². The Morgan fingerprint density at radius 2 is 2.15 bits per heavy atom. The smallest absolute Gasteiger partial charge is 0.224 e. The number of fused-ring (bicyclic) bond motifs is 1. The summed E-state index contributed by atoms with van der Waals surface area (Å²) in [6.07, 6.45) is 1.31. The van der Waals surface area contributed by atoms with Crippen molar-refractivity contribution in [3.05, 3.63) is 24.3 Å². The number of carbonyl (C=O) groups excluding carboxylic acids is 1. The van der Waals surface area contributed by atoms with Gasteiger partial charge in [-0.05, 0) is 18.6 Å². The minimum absolute atomic E-state index is 0.0655. The molecule has 0 spiro atoms. The molecule has 1 aliphatic rings. The van der Waals surface area contributed by atoms with Crippen molar-refractivity contribution >= 4 is 11.6 Å². The van der Waals surface area contributed by atoms with Gasteiger partial charge in [-0.1, -0.05) is 12.1 Å². The van der Waals surface area contributed by atoms with E-state index in [0.717, 1.165) is 17.9 Å². The van der Waals surface area contributed by atoms with Crippen LogP contribution < -0.4 is 10.1 Å². The largest absolute Gasteiger partial charge is 0.491 e. The number of hydrogen-bond donors (Lipinski definition) is 1. The molecule has 0 unspecified atom stereocenters. The third kappa shape index (κ3) is 1.80. The van der Waals surface area contributed by atoms with Crippen molar-refractivity contribution in [3.63, 3.8) is 0 Å². The number of para-hydroxylation sites is 2. The highest BCUT2D eigenvalue weighted by molar-refractivity contribution is 5.92. The lowest BCUT2D eigenvalue weighted by atomic mass is 10.2. The van der Waals surface area contributed by atoms with E-state index in [1.54, 1.807) is 0 Å². The molecule has 3 heteroatoms. The number of amides is 1. The molecule has 0 saturated heterocycles. The van der Waals surface area contributed by atoms with Gasteiger partial charge in [0.05, 0.1) is 12.3 Å². The topological polar surface area (TPSA) is 38.3 Å². The predicted octanol–water partition coefficient (Wildman–Crippen LogP) is 1.80. The van der Waals surface area contributed by atoms with Gasteiger partial charge in [0.2, 0.25) is 5.91 Å². The molecule has 1 heterocycles. The lowest BCUT2D eigenvalue weighted by Crippen LogP contribution is -2.16. The number of hydrogen-bond acceptors (Lipinski definition) is 2. The first-order valence-corrected chi connectivity index (χ1v) is 4.38. The third-order valence-corrected chi connectivity index (χ3v) is 1.97. The van der Waals surface area contributed by atoms with Gasteiger partial charge in [0.15, 0.2) is 0 Å². The molecular formula is C10H11NO2. The highest BCUT2D eigenvalue weighted by Gasteiger charge is 2.10. The number of carbonyl (C=O) groups is 1. The lowest BCUT2D eigenvalue weighted by Gasteiger charge is -2.15. The van der Waals surface area contributed by atoms with Crippen molar-refractivity contribution in [2.24, 2.45) is 0 Å². The minimum Gasteiger partial charge on any atom is -0.491 e. The van der Waals surface area contributed by atoms with Crippen molar-refractivity contribution in [2.45, 2.75) is 12.8 Å². The fraction of sp³-hybridized carbons (Fsp3) is 0.300. The molecule has 0 fully saturated rings. The van der Waals surface area contributed by atoms with E-state index in [1.807, 2.05) is 24.3 Å². The van der Waals surface area contributed by atoms with E-state index in [2.05, 4.69) is 5.32 Å². The normalized spacial score (nSPS) is 16.2. The highest BCUT2D eigenvalue weighted by Crippen LogP contribution is 2.25. The van der Waals surface area contributed by atoms with E-state index in [1.165, 1.54) is 0 Å². The fourth-order valence-corrected chi connectivity index (χ4v) is 1.32. The molecule has 1 aromatic carbocycles. The van der Waals surface area contributed by atoms with E-state index < -0.39 is 0 Å². The Labute approximate surface area is 76.7 Å². The summed E-state index contributed by atoms with van der Waals surface area (Å²) in [5, 5.41) is 2.80. The van der Waals surface area contributed by atoms with Gasteiger partial charge in [0.1, 0.15) is 5.75 Å². The Hall–Kier alpha value is -1.51. The van der Waals surface area contributed by atoms with Crippen LogP contribution in [0.2, 0.25) is 0 Å². The molecule has 1 aliphatic heterocycles. The second-order valence-corrected chi connectivity index (χ2v) is 3.00. The minimum atomic E-state index is 0.0655. The standard InChI is InChI=1S/C10H11NO2/c12-10-6-3-7-13-9-5-2-1-4-8(9)11-10/h1-2,4-5H,3,6-7H2,(H,11,12). The first-order valence-electron chi connectivity index (χ1n) is 4.38. The second kappa shape index (κ2) is 3.47. The molecule has 2 rings (SSSR count). The van der Waals surface area contributed by atoms with Gasteiger partial charge >= 0.3 is 0 Å². The molecule has 1 amide bonds. The number of rotatable bonds is 0. The average molecular weight is 177 g/mol. The molecule has 13 heavy (non-hydrogen) atoms. The molecule has 0 aromatic heterocycles. The van der Waals surface area contributed by atoms with Crippen LogP contribution in [0.1, 0.15) is 12.8 Å².